The highest BCUT2D eigenvalue weighted by Gasteiger charge is 2.13. The molecule has 3 rings (SSSR count). The lowest BCUT2D eigenvalue weighted by Gasteiger charge is -2.14. The van der Waals surface area contributed by atoms with Gasteiger partial charge in [0.25, 0.3) is 5.91 Å². The first kappa shape index (κ1) is 17.7. The van der Waals surface area contributed by atoms with E-state index in [1.165, 1.54) is 11.3 Å². The Morgan fingerprint density at radius 3 is 2.58 bits per heavy atom. The highest BCUT2D eigenvalue weighted by Crippen LogP contribution is 2.28. The fourth-order valence-electron chi connectivity index (χ4n) is 2.38. The average molecular weight is 369 g/mol. The van der Waals surface area contributed by atoms with Crippen LogP contribution >= 0.6 is 11.3 Å². The van der Waals surface area contributed by atoms with Crippen molar-refractivity contribution >= 4 is 34.7 Å². The topological polar surface area (TPSA) is 110 Å². The van der Waals surface area contributed by atoms with Gasteiger partial charge in [-0.25, -0.2) is 4.98 Å². The molecule has 0 fully saturated rings. The van der Waals surface area contributed by atoms with E-state index in [0.717, 1.165) is 16.3 Å². The largest absolute Gasteiger partial charge is 0.383 e. The van der Waals surface area contributed by atoms with E-state index in [0.29, 0.717) is 27.9 Å². The number of anilines is 3. The number of benzene rings is 1. The summed E-state index contributed by atoms with van der Waals surface area (Å²) in [5.74, 6) is 0.666. The number of aryl methyl sites for hydroxylation is 2. The van der Waals surface area contributed by atoms with Crippen molar-refractivity contribution in [1.29, 1.82) is 0 Å². The van der Waals surface area contributed by atoms with E-state index in [-0.39, 0.29) is 5.91 Å². The van der Waals surface area contributed by atoms with E-state index in [2.05, 4.69) is 25.5 Å². The maximum atomic E-state index is 12.1. The molecule has 0 radical (unpaired) electrons. The van der Waals surface area contributed by atoms with Crippen molar-refractivity contribution < 1.29 is 4.79 Å². The molecule has 0 bridgehead atoms. The summed E-state index contributed by atoms with van der Waals surface area (Å²) in [6.07, 6.45) is 1.63. The molecule has 0 aliphatic rings. The summed E-state index contributed by atoms with van der Waals surface area (Å²) >= 11 is 1.43. The van der Waals surface area contributed by atoms with Gasteiger partial charge in [0.05, 0.1) is 5.56 Å². The quantitative estimate of drug-likeness (QED) is 0.727. The van der Waals surface area contributed by atoms with E-state index >= 15 is 0 Å². The monoisotopic (exact) mass is 369 g/mol. The van der Waals surface area contributed by atoms with Crippen molar-refractivity contribution in [3.63, 3.8) is 0 Å². The zero-order chi connectivity index (χ0) is 18.8. The number of nitrogens with one attached hydrogen (secondary N) is 1. The van der Waals surface area contributed by atoms with Crippen LogP contribution in [-0.4, -0.2) is 45.1 Å². The van der Waals surface area contributed by atoms with Gasteiger partial charge in [-0.05, 0) is 37.6 Å². The number of amides is 1. The summed E-state index contributed by atoms with van der Waals surface area (Å²) in [6.45, 7) is 3.76. The normalized spacial score (nSPS) is 10.6. The van der Waals surface area contributed by atoms with E-state index < -0.39 is 0 Å². The molecule has 9 heteroatoms. The van der Waals surface area contributed by atoms with Crippen molar-refractivity contribution in [1.82, 2.24) is 25.1 Å². The number of aromatic nitrogens is 4. The van der Waals surface area contributed by atoms with Gasteiger partial charge in [0, 0.05) is 31.5 Å². The molecule has 134 valence electrons. The Morgan fingerprint density at radius 2 is 2.00 bits per heavy atom. The van der Waals surface area contributed by atoms with Crippen LogP contribution in [0.15, 0.2) is 24.4 Å². The van der Waals surface area contributed by atoms with Gasteiger partial charge >= 0.3 is 0 Å². The van der Waals surface area contributed by atoms with Gasteiger partial charge in [-0.15, -0.1) is 10.2 Å². The highest BCUT2D eigenvalue weighted by molar-refractivity contribution is 7.14. The van der Waals surface area contributed by atoms with Crippen LogP contribution in [0.4, 0.5) is 17.5 Å². The van der Waals surface area contributed by atoms with E-state index in [1.54, 1.807) is 31.3 Å². The number of hydrogen-bond donors (Lipinski definition) is 2. The molecule has 26 heavy (non-hydrogen) atoms. The van der Waals surface area contributed by atoms with Crippen LogP contribution in [0.5, 0.6) is 0 Å². The molecule has 1 amide bonds. The van der Waals surface area contributed by atoms with E-state index in [4.69, 9.17) is 5.73 Å². The van der Waals surface area contributed by atoms with Crippen molar-refractivity contribution in [3.05, 3.63) is 40.5 Å². The minimum atomic E-state index is -0.0359. The van der Waals surface area contributed by atoms with Crippen LogP contribution in [-0.2, 0) is 0 Å². The molecular weight excluding hydrogens is 350 g/mol. The van der Waals surface area contributed by atoms with Gasteiger partial charge in [0.15, 0.2) is 5.01 Å². The lowest BCUT2D eigenvalue weighted by atomic mass is 10.1. The third-order valence-corrected chi connectivity index (χ3v) is 4.57. The summed E-state index contributed by atoms with van der Waals surface area (Å²) in [5.41, 5.74) is 8.99. The standard InChI is InChI=1S/C17H19N7OS/c1-9-7-11(5-6-12(9)16(25)24(3)4)20-17-19-8-13(14(18)21-17)15-23-22-10(2)26-15/h5-8H,1-4H3,(H3,18,19,20,21). The predicted molar refractivity (Wildman–Crippen MR) is 103 cm³/mol. The lowest BCUT2D eigenvalue weighted by Crippen LogP contribution is -2.22. The summed E-state index contributed by atoms with van der Waals surface area (Å²) in [4.78, 5) is 22.2. The molecule has 0 aliphatic heterocycles. The molecule has 0 saturated carbocycles. The van der Waals surface area contributed by atoms with Gasteiger partial charge < -0.3 is 16.0 Å². The Labute approximate surface area is 155 Å². The first-order valence-corrected chi connectivity index (χ1v) is 8.69. The van der Waals surface area contributed by atoms with Gasteiger partial charge in [0.2, 0.25) is 5.95 Å². The Hall–Kier alpha value is -3.07. The zero-order valence-electron chi connectivity index (χ0n) is 14.9. The van der Waals surface area contributed by atoms with E-state index in [1.807, 2.05) is 26.0 Å². The summed E-state index contributed by atoms with van der Waals surface area (Å²) < 4.78 is 0. The predicted octanol–water partition coefficient (Wildman–Crippen LogP) is 2.64. The number of carbonyl (C=O) groups is 1. The molecule has 0 unspecified atom stereocenters. The summed E-state index contributed by atoms with van der Waals surface area (Å²) in [7, 11) is 3.46. The van der Waals surface area contributed by atoms with Crippen molar-refractivity contribution in [2.45, 2.75) is 13.8 Å². The smallest absolute Gasteiger partial charge is 0.253 e. The lowest BCUT2D eigenvalue weighted by molar-refractivity contribution is 0.0827. The molecule has 3 aromatic rings. The number of nitrogens with two attached hydrogens (primary N) is 1. The minimum absolute atomic E-state index is 0.0359. The number of nitrogen functional groups attached to an aromatic ring is 1. The SMILES string of the molecule is Cc1nnc(-c2cnc(Nc3ccc(C(=O)N(C)C)c(C)c3)nc2N)s1. The average Bonchev–Trinajstić information content (AvgIpc) is 3.00. The van der Waals surface area contributed by atoms with E-state index in [9.17, 15) is 4.79 Å². The molecule has 1 aromatic carbocycles. The first-order chi connectivity index (χ1) is 12.3. The Kier molecular flexibility index (Phi) is 4.81. The maximum Gasteiger partial charge on any atom is 0.253 e. The number of carbonyl (C=O) groups excluding carboxylic acids is 1. The van der Waals surface area contributed by atoms with Crippen LogP contribution in [0.25, 0.3) is 10.6 Å². The number of rotatable bonds is 4. The second-order valence-corrected chi connectivity index (χ2v) is 7.15. The molecular formula is C17H19N7OS. The third-order valence-electron chi connectivity index (χ3n) is 3.69. The van der Waals surface area contributed by atoms with Gasteiger partial charge in [-0.1, -0.05) is 11.3 Å². The van der Waals surface area contributed by atoms with Crippen LogP contribution in [0.1, 0.15) is 20.9 Å². The first-order valence-electron chi connectivity index (χ1n) is 7.87. The van der Waals surface area contributed by atoms with Crippen LogP contribution in [0.2, 0.25) is 0 Å². The highest BCUT2D eigenvalue weighted by atomic mass is 32.1. The Balaban J connectivity index is 1.82. The van der Waals surface area contributed by atoms with Crippen LogP contribution in [0.3, 0.4) is 0 Å². The molecule has 0 spiro atoms. The zero-order valence-corrected chi connectivity index (χ0v) is 15.8. The van der Waals surface area contributed by atoms with Crippen LogP contribution < -0.4 is 11.1 Å². The fraction of sp³-hybridized carbons (Fsp3) is 0.235. The molecule has 0 saturated heterocycles. The van der Waals surface area contributed by atoms with Gasteiger partial charge in [-0.2, -0.15) is 4.98 Å². The molecule has 2 heterocycles. The van der Waals surface area contributed by atoms with Gasteiger partial charge in [0.1, 0.15) is 10.8 Å². The van der Waals surface area contributed by atoms with Crippen LogP contribution in [0, 0.1) is 13.8 Å². The number of nitrogens with zero attached hydrogens (tertiary/aromatic N) is 5. The molecule has 0 atom stereocenters. The fourth-order valence-corrected chi connectivity index (χ4v) is 3.09. The molecule has 2 aromatic heterocycles. The Bertz CT molecular complexity index is 967. The third kappa shape index (κ3) is 3.62. The number of hydrogen-bond acceptors (Lipinski definition) is 8. The second kappa shape index (κ2) is 7.04. The summed E-state index contributed by atoms with van der Waals surface area (Å²) in [6, 6.07) is 5.46. The minimum Gasteiger partial charge on any atom is -0.383 e. The van der Waals surface area contributed by atoms with Crippen molar-refractivity contribution in [3.8, 4) is 10.6 Å². The second-order valence-electron chi connectivity index (χ2n) is 5.97. The molecule has 8 nitrogen and oxygen atoms in total. The maximum absolute atomic E-state index is 12.1. The van der Waals surface area contributed by atoms with Crippen molar-refractivity contribution in [2.75, 3.05) is 25.1 Å². The van der Waals surface area contributed by atoms with Gasteiger partial charge in [-0.3, -0.25) is 4.79 Å². The summed E-state index contributed by atoms with van der Waals surface area (Å²) in [5, 5.41) is 12.7. The molecule has 0 aliphatic carbocycles. The van der Waals surface area contributed by atoms with Crippen molar-refractivity contribution in [2.24, 2.45) is 0 Å². The molecule has 3 N–H and O–H groups in total. The Morgan fingerprint density at radius 1 is 1.23 bits per heavy atom.